The lowest BCUT2D eigenvalue weighted by atomic mass is 9.87. The number of nitrogens with zero attached hydrogens (tertiary/aromatic N) is 1. The fourth-order valence-electron chi connectivity index (χ4n) is 3.35. The third-order valence-electron chi connectivity index (χ3n) is 4.51. The van der Waals surface area contributed by atoms with Crippen LogP contribution in [-0.2, 0) is 6.42 Å². The fraction of sp³-hybridized carbons (Fsp3) is 0.263. The maximum atomic E-state index is 12.9. The molecule has 24 heavy (non-hydrogen) atoms. The van der Waals surface area contributed by atoms with Gasteiger partial charge in [-0.25, -0.2) is 0 Å². The van der Waals surface area contributed by atoms with Crippen LogP contribution in [0.3, 0.4) is 0 Å². The van der Waals surface area contributed by atoms with Crippen LogP contribution >= 0.6 is 0 Å². The van der Waals surface area contributed by atoms with Crippen molar-refractivity contribution in [2.24, 2.45) is 0 Å². The monoisotopic (exact) mass is 322 g/mol. The largest absolute Gasteiger partial charge is 0.461 e. The average Bonchev–Trinajstić information content (AvgIpc) is 3.24. The Morgan fingerprint density at radius 3 is 2.96 bits per heavy atom. The van der Waals surface area contributed by atoms with Crippen LogP contribution in [0.15, 0.2) is 51.6 Å². The molecule has 1 aromatic carbocycles. The maximum absolute atomic E-state index is 12.9. The average molecular weight is 322 g/mol. The van der Waals surface area contributed by atoms with Gasteiger partial charge < -0.3 is 14.3 Å². The molecular weight excluding hydrogens is 304 g/mol. The standard InChI is InChI=1S/C19H18N2O3/c1-12-17(18(24-21-12)16-10-5-11-23-16)19(22)20-15-9-4-7-13-6-2-3-8-14(13)15/h2-3,5-6,8,10-11,15H,4,7,9H2,1H3,(H,20,22)/t15-/m1/s1. The van der Waals surface area contributed by atoms with Gasteiger partial charge in [0.05, 0.1) is 18.0 Å². The predicted octanol–water partition coefficient (Wildman–Crippen LogP) is 4.05. The van der Waals surface area contributed by atoms with Gasteiger partial charge in [0.15, 0.2) is 5.76 Å². The number of hydrogen-bond donors (Lipinski definition) is 1. The van der Waals surface area contributed by atoms with Crippen molar-refractivity contribution < 1.29 is 13.7 Å². The van der Waals surface area contributed by atoms with E-state index in [2.05, 4.69) is 22.6 Å². The normalized spacial score (nSPS) is 16.6. The molecule has 3 aromatic rings. The molecule has 1 N–H and O–H groups in total. The van der Waals surface area contributed by atoms with Crippen LogP contribution in [0.25, 0.3) is 11.5 Å². The van der Waals surface area contributed by atoms with Crippen molar-refractivity contribution >= 4 is 5.91 Å². The Bertz CT molecular complexity index is 865. The topological polar surface area (TPSA) is 68.3 Å². The van der Waals surface area contributed by atoms with Gasteiger partial charge >= 0.3 is 0 Å². The molecule has 1 atom stereocenters. The number of fused-ring (bicyclic) bond motifs is 1. The molecule has 0 saturated carbocycles. The van der Waals surface area contributed by atoms with Crippen molar-refractivity contribution in [1.29, 1.82) is 0 Å². The first kappa shape index (κ1) is 14.8. The van der Waals surface area contributed by atoms with Crippen LogP contribution in [0.4, 0.5) is 0 Å². The molecule has 1 aliphatic rings. The van der Waals surface area contributed by atoms with Crippen LogP contribution in [-0.4, -0.2) is 11.1 Å². The molecule has 5 heteroatoms. The minimum absolute atomic E-state index is 0.0150. The van der Waals surface area contributed by atoms with Gasteiger partial charge in [0.25, 0.3) is 5.91 Å². The molecule has 0 fully saturated rings. The fourth-order valence-corrected chi connectivity index (χ4v) is 3.35. The quantitative estimate of drug-likeness (QED) is 0.790. The van der Waals surface area contributed by atoms with Crippen LogP contribution in [0.2, 0.25) is 0 Å². The summed E-state index contributed by atoms with van der Waals surface area (Å²) >= 11 is 0. The molecule has 0 aliphatic heterocycles. The van der Waals surface area contributed by atoms with Gasteiger partial charge in [-0.15, -0.1) is 0 Å². The van der Waals surface area contributed by atoms with Crippen molar-refractivity contribution in [1.82, 2.24) is 10.5 Å². The summed E-state index contributed by atoms with van der Waals surface area (Å²) < 4.78 is 10.7. The van der Waals surface area contributed by atoms with Gasteiger partial charge in [0, 0.05) is 0 Å². The molecule has 122 valence electrons. The van der Waals surface area contributed by atoms with E-state index < -0.39 is 0 Å². The van der Waals surface area contributed by atoms with Crippen LogP contribution < -0.4 is 5.32 Å². The highest BCUT2D eigenvalue weighted by Gasteiger charge is 2.27. The third-order valence-corrected chi connectivity index (χ3v) is 4.51. The summed E-state index contributed by atoms with van der Waals surface area (Å²) in [6, 6.07) is 11.8. The summed E-state index contributed by atoms with van der Waals surface area (Å²) in [6.45, 7) is 1.76. The van der Waals surface area contributed by atoms with Crippen LogP contribution in [0.1, 0.15) is 46.1 Å². The number of aromatic nitrogens is 1. The first-order valence-electron chi connectivity index (χ1n) is 8.13. The van der Waals surface area contributed by atoms with E-state index in [0.717, 1.165) is 19.3 Å². The number of rotatable bonds is 3. The summed E-state index contributed by atoms with van der Waals surface area (Å²) in [6.07, 6.45) is 4.61. The first-order valence-corrected chi connectivity index (χ1v) is 8.13. The molecule has 1 amide bonds. The molecule has 0 spiro atoms. The SMILES string of the molecule is Cc1noc(-c2ccco2)c1C(=O)N[C@@H]1CCCc2ccccc21. The van der Waals surface area contributed by atoms with Crippen molar-refractivity contribution in [2.75, 3.05) is 0 Å². The smallest absolute Gasteiger partial charge is 0.257 e. The lowest BCUT2D eigenvalue weighted by Gasteiger charge is -2.26. The maximum Gasteiger partial charge on any atom is 0.257 e. The summed E-state index contributed by atoms with van der Waals surface area (Å²) in [5.41, 5.74) is 3.50. The van der Waals surface area contributed by atoms with Crippen molar-refractivity contribution in [3.63, 3.8) is 0 Å². The molecule has 4 rings (SSSR count). The molecular formula is C19H18N2O3. The first-order chi connectivity index (χ1) is 11.7. The molecule has 0 radical (unpaired) electrons. The lowest BCUT2D eigenvalue weighted by Crippen LogP contribution is -2.31. The van der Waals surface area contributed by atoms with E-state index in [0.29, 0.717) is 22.8 Å². The second-order valence-electron chi connectivity index (χ2n) is 6.07. The second kappa shape index (κ2) is 6.00. The van der Waals surface area contributed by atoms with E-state index in [-0.39, 0.29) is 11.9 Å². The molecule has 5 nitrogen and oxygen atoms in total. The zero-order valence-corrected chi connectivity index (χ0v) is 13.4. The minimum Gasteiger partial charge on any atom is -0.461 e. The number of benzene rings is 1. The van der Waals surface area contributed by atoms with Crippen LogP contribution in [0.5, 0.6) is 0 Å². The highest BCUT2D eigenvalue weighted by atomic mass is 16.5. The number of nitrogens with one attached hydrogen (secondary N) is 1. The van der Waals surface area contributed by atoms with E-state index in [9.17, 15) is 4.79 Å². The van der Waals surface area contributed by atoms with E-state index in [4.69, 9.17) is 8.94 Å². The molecule has 2 aromatic heterocycles. The lowest BCUT2D eigenvalue weighted by molar-refractivity contribution is 0.0932. The van der Waals surface area contributed by atoms with Crippen molar-refractivity contribution in [3.05, 3.63) is 65.0 Å². The third kappa shape index (κ3) is 2.52. The number of amides is 1. The van der Waals surface area contributed by atoms with E-state index in [1.807, 2.05) is 12.1 Å². The Kier molecular flexibility index (Phi) is 3.69. The Balaban J connectivity index is 1.64. The highest BCUT2D eigenvalue weighted by molar-refractivity contribution is 6.00. The number of furan rings is 1. The number of aryl methyl sites for hydroxylation is 2. The van der Waals surface area contributed by atoms with Crippen molar-refractivity contribution in [2.45, 2.75) is 32.2 Å². The Morgan fingerprint density at radius 2 is 2.12 bits per heavy atom. The Hall–Kier alpha value is -2.82. The van der Waals surface area contributed by atoms with Gasteiger partial charge in [-0.05, 0) is 49.4 Å². The Labute approximate surface area is 139 Å². The molecule has 0 saturated heterocycles. The van der Waals surface area contributed by atoms with Crippen molar-refractivity contribution in [3.8, 4) is 11.5 Å². The minimum atomic E-state index is -0.179. The van der Waals surface area contributed by atoms with Gasteiger partial charge in [-0.2, -0.15) is 0 Å². The summed E-state index contributed by atoms with van der Waals surface area (Å²) in [4.78, 5) is 12.9. The van der Waals surface area contributed by atoms with E-state index in [1.165, 1.54) is 11.1 Å². The van der Waals surface area contributed by atoms with E-state index >= 15 is 0 Å². The predicted molar refractivity (Wildman–Crippen MR) is 88.5 cm³/mol. The molecule has 0 bridgehead atoms. The van der Waals surface area contributed by atoms with Gasteiger partial charge in [0.1, 0.15) is 5.56 Å². The number of carbonyl (C=O) groups excluding carboxylic acids is 1. The van der Waals surface area contributed by atoms with E-state index in [1.54, 1.807) is 25.3 Å². The molecule has 0 unspecified atom stereocenters. The van der Waals surface area contributed by atoms with Crippen LogP contribution in [0, 0.1) is 6.92 Å². The van der Waals surface area contributed by atoms with Gasteiger partial charge in [0.2, 0.25) is 5.76 Å². The summed E-state index contributed by atoms with van der Waals surface area (Å²) in [7, 11) is 0. The molecule has 2 heterocycles. The number of carbonyl (C=O) groups is 1. The zero-order chi connectivity index (χ0) is 16.5. The summed E-state index contributed by atoms with van der Waals surface area (Å²) in [5.74, 6) is 0.700. The molecule has 1 aliphatic carbocycles. The highest BCUT2D eigenvalue weighted by Crippen LogP contribution is 2.31. The zero-order valence-electron chi connectivity index (χ0n) is 13.4. The Morgan fingerprint density at radius 1 is 1.25 bits per heavy atom. The second-order valence-corrected chi connectivity index (χ2v) is 6.07. The summed E-state index contributed by atoms with van der Waals surface area (Å²) in [5, 5.41) is 7.08. The van der Waals surface area contributed by atoms with Gasteiger partial charge in [-0.1, -0.05) is 29.4 Å². The van der Waals surface area contributed by atoms with Gasteiger partial charge in [-0.3, -0.25) is 4.79 Å². The number of hydrogen-bond acceptors (Lipinski definition) is 4.